The highest BCUT2D eigenvalue weighted by atomic mass is 127. The van der Waals surface area contributed by atoms with Crippen molar-refractivity contribution in [2.24, 2.45) is 0 Å². The van der Waals surface area contributed by atoms with Gasteiger partial charge in [-0.1, -0.05) is 22.6 Å². The molecule has 0 bridgehead atoms. The van der Waals surface area contributed by atoms with Gasteiger partial charge in [0.15, 0.2) is 0 Å². The topological polar surface area (TPSA) is 82.0 Å². The molecule has 5 aromatic rings. The van der Waals surface area contributed by atoms with Crippen LogP contribution in [0.5, 0.6) is 0 Å². The van der Waals surface area contributed by atoms with Crippen LogP contribution in [0, 0.1) is 0 Å². The van der Waals surface area contributed by atoms with E-state index in [1.807, 2.05) is 99.5 Å². The van der Waals surface area contributed by atoms with Crippen molar-refractivity contribution < 1.29 is 6.48 Å². The molecule has 224 valence electrons. The van der Waals surface area contributed by atoms with E-state index < -0.39 is 6.10 Å². The summed E-state index contributed by atoms with van der Waals surface area (Å²) in [5, 5.41) is 9.53. The van der Waals surface area contributed by atoms with Crippen LogP contribution < -0.4 is 11.1 Å². The van der Waals surface area contributed by atoms with Gasteiger partial charge in [-0.3, -0.25) is 9.59 Å². The summed E-state index contributed by atoms with van der Waals surface area (Å²) in [6.07, 6.45) is 8.99. The highest BCUT2D eigenvalue weighted by molar-refractivity contribution is 14.1. The first-order chi connectivity index (χ1) is 20.5. The molecule has 0 aliphatic heterocycles. The average molecular weight is 720 g/mol. The molecule has 0 aliphatic carbocycles. The third-order valence-corrected chi connectivity index (χ3v) is 9.22. The van der Waals surface area contributed by atoms with Gasteiger partial charge in [-0.15, -0.1) is 22.7 Å². The highest BCUT2D eigenvalue weighted by Crippen LogP contribution is 2.33. The second-order valence-electron chi connectivity index (χ2n) is 10.3. The minimum absolute atomic E-state index is 0.0149. The van der Waals surface area contributed by atoms with Gasteiger partial charge in [0, 0.05) is 81.0 Å². The Bertz CT molecular complexity index is 1690. The summed E-state index contributed by atoms with van der Waals surface area (Å²) in [7, 11) is 0. The number of nitrogens with zero attached hydrogens (tertiary/aromatic N) is 4. The number of imidazole rings is 1. The molecular formula is C32H39IN4O3S2. The summed E-state index contributed by atoms with van der Waals surface area (Å²) < 4.78 is 11.8. The lowest BCUT2D eigenvalue weighted by Crippen LogP contribution is -2.20. The number of hydrogen-bond acceptors (Lipinski definition) is 6. The molecule has 5 heterocycles. The molecule has 0 spiro atoms. The van der Waals surface area contributed by atoms with Gasteiger partial charge < -0.3 is 18.8 Å². The Labute approximate surface area is 270 Å². The maximum atomic E-state index is 11.9. The number of rotatable bonds is 7. The Kier molecular flexibility index (Phi) is 11.9. The van der Waals surface area contributed by atoms with Crippen molar-refractivity contribution in [3.63, 3.8) is 0 Å². The maximum Gasteiger partial charge on any atom is 0.250 e. The summed E-state index contributed by atoms with van der Waals surface area (Å²) in [6.45, 7) is 11.9. The minimum Gasteiger partial charge on any atom is -0.388 e. The van der Waals surface area contributed by atoms with Gasteiger partial charge >= 0.3 is 0 Å². The molecule has 0 radical (unpaired) electrons. The zero-order chi connectivity index (χ0) is 31.7. The van der Waals surface area contributed by atoms with E-state index in [0.717, 1.165) is 20.9 Å². The fraction of sp³-hybridized carbons (Fsp3) is 0.344. The summed E-state index contributed by atoms with van der Waals surface area (Å²) in [6, 6.07) is 15.7. The van der Waals surface area contributed by atoms with Gasteiger partial charge in [0.1, 0.15) is 0 Å². The fourth-order valence-corrected chi connectivity index (χ4v) is 6.21. The lowest BCUT2D eigenvalue weighted by atomic mass is 10.2. The second-order valence-corrected chi connectivity index (χ2v) is 12.5. The first-order valence-corrected chi connectivity index (χ1v) is 16.8. The van der Waals surface area contributed by atoms with E-state index in [2.05, 4.69) is 28.6 Å². The number of halogens is 1. The summed E-state index contributed by atoms with van der Waals surface area (Å²) in [5.41, 5.74) is 2.16. The van der Waals surface area contributed by atoms with Gasteiger partial charge in [-0.25, -0.2) is 4.98 Å². The smallest absolute Gasteiger partial charge is 0.250 e. The van der Waals surface area contributed by atoms with Crippen LogP contribution in [0.25, 0.3) is 20.9 Å². The van der Waals surface area contributed by atoms with Crippen molar-refractivity contribution in [3.05, 3.63) is 110 Å². The molecular weight excluding hydrogens is 679 g/mol. The molecule has 42 heavy (non-hydrogen) atoms. The molecule has 5 rings (SSSR count). The zero-order valence-electron chi connectivity index (χ0n) is 25.8. The monoisotopic (exact) mass is 719 g/mol. The molecule has 0 fully saturated rings. The third-order valence-electron chi connectivity index (χ3n) is 6.61. The molecule has 5 aromatic heterocycles. The van der Waals surface area contributed by atoms with Gasteiger partial charge in [0.25, 0.3) is 11.1 Å². The van der Waals surface area contributed by atoms with Crippen molar-refractivity contribution in [3.8, 4) is 20.9 Å². The van der Waals surface area contributed by atoms with E-state index in [1.165, 1.54) is 9.75 Å². The fourth-order valence-electron chi connectivity index (χ4n) is 4.22. The van der Waals surface area contributed by atoms with Crippen LogP contribution in [-0.4, -0.2) is 28.7 Å². The van der Waals surface area contributed by atoms with Crippen molar-refractivity contribution >= 4 is 45.3 Å². The Morgan fingerprint density at radius 3 is 1.67 bits per heavy atom. The van der Waals surface area contributed by atoms with Gasteiger partial charge in [0.05, 0.1) is 18.5 Å². The summed E-state index contributed by atoms with van der Waals surface area (Å²) >= 11 is 5.26. The average Bonchev–Trinajstić information content (AvgIpc) is 3.76. The van der Waals surface area contributed by atoms with Crippen LogP contribution >= 0.6 is 45.3 Å². The predicted molar refractivity (Wildman–Crippen MR) is 185 cm³/mol. The van der Waals surface area contributed by atoms with Gasteiger partial charge in [-0.2, -0.15) is 0 Å². The molecule has 0 saturated heterocycles. The highest BCUT2D eigenvalue weighted by Gasteiger charge is 2.12. The molecule has 7 nitrogen and oxygen atoms in total. The van der Waals surface area contributed by atoms with Crippen LogP contribution in [0.1, 0.15) is 76.9 Å². The Balaban J connectivity index is 0.000000220. The van der Waals surface area contributed by atoms with E-state index in [0.29, 0.717) is 4.91 Å². The molecule has 0 amide bonds. The van der Waals surface area contributed by atoms with Crippen molar-refractivity contribution in [2.45, 2.75) is 65.8 Å². The van der Waals surface area contributed by atoms with E-state index >= 15 is 0 Å². The van der Waals surface area contributed by atoms with Crippen LogP contribution in [-0.2, 0) is 0 Å². The van der Waals surface area contributed by atoms with Crippen molar-refractivity contribution in [2.75, 3.05) is 4.91 Å². The van der Waals surface area contributed by atoms with E-state index in [9.17, 15) is 14.7 Å². The quantitative estimate of drug-likeness (QED) is 0.136. The summed E-state index contributed by atoms with van der Waals surface area (Å²) in [4.78, 5) is 32.6. The second kappa shape index (κ2) is 15.6. The standard InChI is InChI=1S/C17H19N3OS.C14H17NO2S.CH3I/c1-12(2)20-10-14(4-7-17(20)21)16-6-5-15(22-16)13(3)19-9-8-18-11-19;1-9(2)15-8-11(4-7-14(15)17)13-6-5-12(18-13)10(3)16;1-2/h4-13H,1-3H3;4-10,16H,1-3H3;1H3/i;;1D. The first kappa shape index (κ1) is 32.1. The van der Waals surface area contributed by atoms with Crippen LogP contribution in [0.15, 0.2) is 89.2 Å². The van der Waals surface area contributed by atoms with Crippen LogP contribution in [0.4, 0.5) is 0 Å². The molecule has 2 atom stereocenters. The largest absolute Gasteiger partial charge is 0.388 e. The zero-order valence-corrected chi connectivity index (χ0v) is 28.6. The Hall–Kier alpha value is -2.80. The SMILES string of the molecule is CC(O)c1ccc(-c2ccc(=O)n(C(C)C)c2)s1.CC(c1ccc(-c2ccc(=O)n(C(C)C)c2)s1)n1ccnc1.[2H]CI. The van der Waals surface area contributed by atoms with Gasteiger partial charge in [0.2, 0.25) is 0 Å². The lowest BCUT2D eigenvalue weighted by Gasteiger charge is -2.11. The van der Waals surface area contributed by atoms with Gasteiger partial charge in [-0.05, 0) is 82.8 Å². The lowest BCUT2D eigenvalue weighted by molar-refractivity contribution is 0.203. The molecule has 0 aliphatic rings. The number of aromatic nitrogens is 4. The molecule has 2 unspecified atom stereocenters. The molecule has 10 heteroatoms. The number of hydrogen-bond donors (Lipinski definition) is 1. The number of aliphatic hydroxyl groups is 1. The van der Waals surface area contributed by atoms with E-state index in [4.69, 9.17) is 1.37 Å². The number of alkyl halides is 1. The molecule has 0 saturated carbocycles. The Morgan fingerprint density at radius 2 is 1.26 bits per heavy atom. The van der Waals surface area contributed by atoms with Crippen LogP contribution in [0.2, 0.25) is 0 Å². The normalized spacial score (nSPS) is 12.7. The van der Waals surface area contributed by atoms with E-state index in [-0.39, 0.29) is 29.2 Å². The van der Waals surface area contributed by atoms with Crippen molar-refractivity contribution in [1.82, 2.24) is 18.7 Å². The predicted octanol–water partition coefficient (Wildman–Crippen LogP) is 8.23. The number of aliphatic hydroxyl groups excluding tert-OH is 1. The summed E-state index contributed by atoms with van der Waals surface area (Å²) in [5.74, 6) is 0. The van der Waals surface area contributed by atoms with E-state index in [1.54, 1.807) is 57.1 Å². The van der Waals surface area contributed by atoms with Crippen molar-refractivity contribution in [1.29, 1.82) is 0 Å². The molecule has 0 aromatic carbocycles. The number of thiophene rings is 2. The maximum absolute atomic E-state index is 11.9. The Morgan fingerprint density at radius 1 is 0.786 bits per heavy atom. The molecule has 1 N–H and O–H groups in total. The minimum atomic E-state index is -0.445. The third kappa shape index (κ3) is 8.40. The van der Waals surface area contributed by atoms with Crippen LogP contribution in [0.3, 0.4) is 0 Å². The first-order valence-electron chi connectivity index (χ1n) is 14.3. The number of pyridine rings is 2.